The van der Waals surface area contributed by atoms with E-state index in [2.05, 4.69) is 54.0 Å². The second-order valence-electron chi connectivity index (χ2n) is 9.70. The van der Waals surface area contributed by atoms with Gasteiger partial charge in [0.1, 0.15) is 23.3 Å². The average molecular weight is 529 g/mol. The highest BCUT2D eigenvalue weighted by Gasteiger charge is 2.17. The third-order valence-electron chi connectivity index (χ3n) is 6.37. The van der Waals surface area contributed by atoms with Gasteiger partial charge in [-0.1, -0.05) is 6.07 Å². The van der Waals surface area contributed by atoms with Crippen molar-refractivity contribution in [3.05, 3.63) is 59.3 Å². The van der Waals surface area contributed by atoms with Gasteiger partial charge in [-0.05, 0) is 80.4 Å². The van der Waals surface area contributed by atoms with Crippen LogP contribution in [0.2, 0.25) is 0 Å². The zero-order valence-electron chi connectivity index (χ0n) is 23.1. The van der Waals surface area contributed by atoms with E-state index in [9.17, 15) is 9.00 Å². The Labute approximate surface area is 223 Å². The molecule has 0 aliphatic carbocycles. The van der Waals surface area contributed by atoms with Crippen molar-refractivity contribution < 1.29 is 18.5 Å². The number of ether oxygens (including phenoxy) is 2. The standard InChI is InChI=1S/C28H40N4O4S/c1-21-16-25(35-7)17-22(2)28(21)37(34)31(6)14-15-36-20-27(33)30(5)19-23-8-9-26-24(18-23)10-11-32(26)13-12-29(3)4/h8-11,16-18H,12-15,19-20H2,1-7H3. The summed E-state index contributed by atoms with van der Waals surface area (Å²) in [5, 5.41) is 1.17. The molecule has 37 heavy (non-hydrogen) atoms. The summed E-state index contributed by atoms with van der Waals surface area (Å²) in [6, 6.07) is 12.2. The number of fused-ring (bicyclic) bond motifs is 1. The van der Waals surface area contributed by atoms with Crippen molar-refractivity contribution in [2.75, 3.05) is 61.6 Å². The molecule has 3 rings (SSSR count). The van der Waals surface area contributed by atoms with Crippen molar-refractivity contribution >= 4 is 27.8 Å². The minimum absolute atomic E-state index is 0.0132. The molecule has 0 fully saturated rings. The van der Waals surface area contributed by atoms with Gasteiger partial charge in [-0.3, -0.25) is 4.79 Å². The summed E-state index contributed by atoms with van der Waals surface area (Å²) in [4.78, 5) is 17.2. The van der Waals surface area contributed by atoms with Gasteiger partial charge in [-0.2, -0.15) is 0 Å². The second kappa shape index (κ2) is 13.2. The molecule has 3 aromatic rings. The van der Waals surface area contributed by atoms with Crippen LogP contribution < -0.4 is 4.74 Å². The average Bonchev–Trinajstić information content (AvgIpc) is 3.26. The molecule has 0 aliphatic rings. The number of aromatic nitrogens is 1. The van der Waals surface area contributed by atoms with Crippen molar-refractivity contribution in [2.24, 2.45) is 0 Å². The molecule has 0 aliphatic heterocycles. The molecule has 2 aromatic carbocycles. The Kier molecular flexibility index (Phi) is 10.3. The van der Waals surface area contributed by atoms with Crippen molar-refractivity contribution in [3.63, 3.8) is 0 Å². The van der Waals surface area contributed by atoms with Crippen LogP contribution in [0.25, 0.3) is 10.9 Å². The van der Waals surface area contributed by atoms with E-state index < -0.39 is 11.0 Å². The molecule has 0 N–H and O–H groups in total. The smallest absolute Gasteiger partial charge is 0.248 e. The van der Waals surface area contributed by atoms with Crippen molar-refractivity contribution in [1.29, 1.82) is 0 Å². The number of amides is 1. The van der Waals surface area contributed by atoms with Gasteiger partial charge in [0.2, 0.25) is 5.91 Å². The third-order valence-corrected chi connectivity index (χ3v) is 8.11. The van der Waals surface area contributed by atoms with E-state index in [1.54, 1.807) is 30.4 Å². The largest absolute Gasteiger partial charge is 0.497 e. The van der Waals surface area contributed by atoms with Crippen LogP contribution in [0.1, 0.15) is 16.7 Å². The summed E-state index contributed by atoms with van der Waals surface area (Å²) in [6.07, 6.45) is 2.11. The summed E-state index contributed by atoms with van der Waals surface area (Å²) >= 11 is 0. The quantitative estimate of drug-likeness (QED) is 0.318. The highest BCUT2D eigenvalue weighted by atomic mass is 32.2. The molecule has 1 amide bonds. The lowest BCUT2D eigenvalue weighted by Crippen LogP contribution is -2.32. The van der Waals surface area contributed by atoms with Gasteiger partial charge in [0.15, 0.2) is 0 Å². The Hall–Kier alpha value is -2.72. The lowest BCUT2D eigenvalue weighted by molar-refractivity contribution is -0.135. The van der Waals surface area contributed by atoms with E-state index in [0.717, 1.165) is 40.4 Å². The van der Waals surface area contributed by atoms with Gasteiger partial charge < -0.3 is 23.8 Å². The molecule has 1 atom stereocenters. The number of carbonyl (C=O) groups is 1. The summed E-state index contributed by atoms with van der Waals surface area (Å²) < 4.78 is 28.0. The highest BCUT2D eigenvalue weighted by Crippen LogP contribution is 2.25. The molecule has 0 bridgehead atoms. The van der Waals surface area contributed by atoms with Crippen LogP contribution >= 0.6 is 0 Å². The lowest BCUT2D eigenvalue weighted by Gasteiger charge is -2.20. The molecule has 1 heterocycles. The molecule has 0 radical (unpaired) electrons. The fraction of sp³-hybridized carbons (Fsp3) is 0.464. The van der Waals surface area contributed by atoms with Crippen LogP contribution in [0.4, 0.5) is 0 Å². The highest BCUT2D eigenvalue weighted by molar-refractivity contribution is 7.82. The monoisotopic (exact) mass is 528 g/mol. The van der Waals surface area contributed by atoms with Crippen molar-refractivity contribution in [3.8, 4) is 5.75 Å². The third kappa shape index (κ3) is 7.64. The minimum atomic E-state index is -1.33. The normalized spacial score (nSPS) is 12.5. The molecule has 8 nitrogen and oxygen atoms in total. The number of likely N-dealkylation sites (N-methyl/N-ethyl adjacent to an activating group) is 3. The molecule has 202 valence electrons. The van der Waals surface area contributed by atoms with Crippen LogP contribution in [-0.4, -0.2) is 90.4 Å². The second-order valence-corrected chi connectivity index (χ2v) is 11.2. The van der Waals surface area contributed by atoms with Gasteiger partial charge in [0.05, 0.1) is 18.6 Å². The fourth-order valence-corrected chi connectivity index (χ4v) is 5.44. The van der Waals surface area contributed by atoms with E-state index in [1.165, 1.54) is 10.9 Å². The van der Waals surface area contributed by atoms with Crippen molar-refractivity contribution in [2.45, 2.75) is 31.8 Å². The number of aryl methyl sites for hydroxylation is 2. The summed E-state index contributed by atoms with van der Waals surface area (Å²) in [6.45, 7) is 7.03. The zero-order valence-corrected chi connectivity index (χ0v) is 23.9. The maximum atomic E-state index is 13.0. The Morgan fingerprint density at radius 2 is 1.70 bits per heavy atom. The number of rotatable bonds is 13. The molecule has 0 spiro atoms. The van der Waals surface area contributed by atoms with Gasteiger partial charge in [0.25, 0.3) is 0 Å². The maximum absolute atomic E-state index is 13.0. The maximum Gasteiger partial charge on any atom is 0.248 e. The van der Waals surface area contributed by atoms with Gasteiger partial charge in [-0.25, -0.2) is 8.51 Å². The number of carbonyl (C=O) groups excluding carboxylic acids is 1. The van der Waals surface area contributed by atoms with Crippen molar-refractivity contribution in [1.82, 2.24) is 18.7 Å². The number of hydrogen-bond acceptors (Lipinski definition) is 5. The lowest BCUT2D eigenvalue weighted by atomic mass is 10.1. The Morgan fingerprint density at radius 1 is 1.00 bits per heavy atom. The first-order valence-electron chi connectivity index (χ1n) is 12.4. The predicted octanol–water partition coefficient (Wildman–Crippen LogP) is 3.46. The SMILES string of the molecule is COc1cc(C)c(S(=O)N(C)CCOCC(=O)N(C)Cc2ccc3c(ccn3CCN(C)C)c2)c(C)c1. The van der Waals surface area contributed by atoms with E-state index in [4.69, 9.17) is 9.47 Å². The van der Waals surface area contributed by atoms with E-state index >= 15 is 0 Å². The van der Waals surface area contributed by atoms with E-state index in [-0.39, 0.29) is 12.5 Å². The first kappa shape index (κ1) is 28.8. The molecule has 9 heteroatoms. The molecular weight excluding hydrogens is 488 g/mol. The number of hydrogen-bond donors (Lipinski definition) is 0. The first-order chi connectivity index (χ1) is 17.6. The number of methoxy groups -OCH3 is 1. The van der Waals surface area contributed by atoms with Crippen LogP contribution in [0.5, 0.6) is 5.75 Å². The van der Waals surface area contributed by atoms with Crippen LogP contribution in [0.3, 0.4) is 0 Å². The Balaban J connectivity index is 1.46. The molecule has 0 saturated carbocycles. The topological polar surface area (TPSA) is 67.2 Å². The Bertz CT molecular complexity index is 1220. The molecule has 1 unspecified atom stereocenters. The summed E-state index contributed by atoms with van der Waals surface area (Å²) in [5.41, 5.74) is 4.12. The summed E-state index contributed by atoms with van der Waals surface area (Å²) in [5.74, 6) is 0.664. The van der Waals surface area contributed by atoms with Crippen LogP contribution in [0, 0.1) is 13.8 Å². The predicted molar refractivity (Wildman–Crippen MR) is 149 cm³/mol. The Morgan fingerprint density at radius 3 is 2.35 bits per heavy atom. The molecule has 1 aromatic heterocycles. The minimum Gasteiger partial charge on any atom is -0.497 e. The molecule has 0 saturated heterocycles. The van der Waals surface area contributed by atoms with Crippen LogP contribution in [0.15, 0.2) is 47.5 Å². The number of nitrogens with zero attached hydrogens (tertiary/aromatic N) is 4. The number of benzene rings is 2. The zero-order chi connectivity index (χ0) is 27.1. The summed E-state index contributed by atoms with van der Waals surface area (Å²) in [7, 11) is 8.02. The van der Waals surface area contributed by atoms with Crippen LogP contribution in [-0.2, 0) is 33.6 Å². The van der Waals surface area contributed by atoms with E-state index in [1.807, 2.05) is 26.0 Å². The van der Waals surface area contributed by atoms with Gasteiger partial charge in [-0.15, -0.1) is 0 Å². The molecular formula is C28H40N4O4S. The van der Waals surface area contributed by atoms with Gasteiger partial charge >= 0.3 is 0 Å². The first-order valence-corrected chi connectivity index (χ1v) is 13.5. The fourth-order valence-electron chi connectivity index (χ4n) is 4.22. The van der Waals surface area contributed by atoms with E-state index in [0.29, 0.717) is 19.7 Å². The van der Waals surface area contributed by atoms with Gasteiger partial charge in [0, 0.05) is 52.0 Å².